The Hall–Kier alpha value is -1.96. The molecule has 0 N–H and O–H groups in total. The summed E-state index contributed by atoms with van der Waals surface area (Å²) >= 11 is 0. The number of aryl methyl sites for hydroxylation is 2. The van der Waals surface area contributed by atoms with Crippen LogP contribution in [0.25, 0.3) is 11.1 Å². The summed E-state index contributed by atoms with van der Waals surface area (Å²) in [6, 6.07) is 11.1. The van der Waals surface area contributed by atoms with Crippen molar-refractivity contribution in [2.24, 2.45) is 0 Å². The van der Waals surface area contributed by atoms with Crippen molar-refractivity contribution in [1.29, 1.82) is 0 Å². The number of rotatable bonds is 6. The minimum atomic E-state index is -0.743. The second-order valence-electron chi connectivity index (χ2n) is 5.45. The highest BCUT2D eigenvalue weighted by molar-refractivity contribution is 5.65. The zero-order chi connectivity index (χ0) is 15.9. The highest BCUT2D eigenvalue weighted by atomic mass is 19.2. The van der Waals surface area contributed by atoms with Gasteiger partial charge in [-0.05, 0) is 42.9 Å². The third-order valence-electron chi connectivity index (χ3n) is 3.78. The van der Waals surface area contributed by atoms with Crippen molar-refractivity contribution < 1.29 is 8.78 Å². The summed E-state index contributed by atoms with van der Waals surface area (Å²) in [5, 5.41) is 0. The number of allylic oxidation sites excluding steroid dienone is 2. The Morgan fingerprint density at radius 3 is 2.27 bits per heavy atom. The molecule has 0 spiro atoms. The molecular weight excluding hydrogens is 278 g/mol. The van der Waals surface area contributed by atoms with Crippen LogP contribution in [0.1, 0.15) is 37.8 Å². The van der Waals surface area contributed by atoms with Crippen molar-refractivity contribution in [3.8, 4) is 11.1 Å². The van der Waals surface area contributed by atoms with Gasteiger partial charge in [0.15, 0.2) is 11.6 Å². The van der Waals surface area contributed by atoms with Gasteiger partial charge in [-0.1, -0.05) is 61.9 Å². The van der Waals surface area contributed by atoms with Crippen LogP contribution < -0.4 is 0 Å². The quantitative estimate of drug-likeness (QED) is 0.566. The Morgan fingerprint density at radius 2 is 1.64 bits per heavy atom. The van der Waals surface area contributed by atoms with Gasteiger partial charge in [0.25, 0.3) is 0 Å². The lowest BCUT2D eigenvalue weighted by molar-refractivity contribution is 0.500. The second kappa shape index (κ2) is 7.88. The minimum absolute atomic E-state index is 0.331. The molecule has 0 atom stereocenters. The van der Waals surface area contributed by atoms with Crippen LogP contribution in [0.15, 0.2) is 48.6 Å². The number of hydrogen-bond donors (Lipinski definition) is 0. The maximum atomic E-state index is 14.2. The van der Waals surface area contributed by atoms with Crippen molar-refractivity contribution in [3.05, 3.63) is 71.3 Å². The molecule has 0 nitrogen and oxygen atoms in total. The molecule has 116 valence electrons. The standard InChI is InChI=1S/C20H22F2/c1-3-5-6-8-15-9-11-16(12-10-15)18-14-13-17(7-4-2)19(21)20(18)22/h3,5,9-14H,4,6-8H2,1-2H3/b5-3+. The van der Waals surface area contributed by atoms with Gasteiger partial charge in [0, 0.05) is 5.56 Å². The van der Waals surface area contributed by atoms with Gasteiger partial charge in [-0.3, -0.25) is 0 Å². The number of hydrogen-bond acceptors (Lipinski definition) is 0. The molecule has 2 rings (SSSR count). The van der Waals surface area contributed by atoms with E-state index in [1.165, 1.54) is 5.56 Å². The molecule has 0 unspecified atom stereocenters. The molecule has 0 aliphatic heterocycles. The van der Waals surface area contributed by atoms with Gasteiger partial charge in [-0.25, -0.2) is 8.78 Å². The highest BCUT2D eigenvalue weighted by Gasteiger charge is 2.14. The lowest BCUT2D eigenvalue weighted by Gasteiger charge is -2.09. The molecule has 0 heterocycles. The first kappa shape index (κ1) is 16.4. The zero-order valence-electron chi connectivity index (χ0n) is 13.2. The van der Waals surface area contributed by atoms with E-state index in [1.54, 1.807) is 12.1 Å². The topological polar surface area (TPSA) is 0 Å². The maximum absolute atomic E-state index is 14.2. The molecule has 0 bridgehead atoms. The first-order valence-electron chi connectivity index (χ1n) is 7.84. The van der Waals surface area contributed by atoms with E-state index < -0.39 is 11.6 Å². The van der Waals surface area contributed by atoms with E-state index in [2.05, 4.69) is 6.08 Å². The predicted octanol–water partition coefficient (Wildman–Crippen LogP) is 6.09. The van der Waals surface area contributed by atoms with Gasteiger partial charge < -0.3 is 0 Å². The average molecular weight is 300 g/mol. The Bertz CT molecular complexity index is 640. The molecule has 0 amide bonds. The van der Waals surface area contributed by atoms with Gasteiger partial charge in [-0.2, -0.15) is 0 Å². The molecule has 2 heteroatoms. The van der Waals surface area contributed by atoms with Crippen LogP contribution in [0.4, 0.5) is 8.78 Å². The SMILES string of the molecule is C/C=C/CCc1ccc(-c2ccc(CCC)c(F)c2F)cc1. The summed E-state index contributed by atoms with van der Waals surface area (Å²) in [6.45, 7) is 3.96. The first-order chi connectivity index (χ1) is 10.7. The van der Waals surface area contributed by atoms with Crippen molar-refractivity contribution in [2.45, 2.75) is 39.5 Å². The summed E-state index contributed by atoms with van der Waals surface area (Å²) in [6.07, 6.45) is 7.46. The second-order valence-corrected chi connectivity index (χ2v) is 5.45. The van der Waals surface area contributed by atoms with Crippen LogP contribution in [-0.2, 0) is 12.8 Å². The van der Waals surface area contributed by atoms with E-state index in [-0.39, 0.29) is 0 Å². The van der Waals surface area contributed by atoms with E-state index in [0.29, 0.717) is 23.1 Å². The van der Waals surface area contributed by atoms with Crippen LogP contribution in [-0.4, -0.2) is 0 Å². The average Bonchev–Trinajstić information content (AvgIpc) is 2.53. The maximum Gasteiger partial charge on any atom is 0.166 e. The third-order valence-corrected chi connectivity index (χ3v) is 3.78. The third kappa shape index (κ3) is 3.82. The largest absolute Gasteiger partial charge is 0.203 e. The monoisotopic (exact) mass is 300 g/mol. The summed E-state index contributed by atoms with van der Waals surface area (Å²) in [4.78, 5) is 0. The fraction of sp³-hybridized carbons (Fsp3) is 0.300. The van der Waals surface area contributed by atoms with Crippen molar-refractivity contribution >= 4 is 0 Å². The first-order valence-corrected chi connectivity index (χ1v) is 7.84. The van der Waals surface area contributed by atoms with E-state index >= 15 is 0 Å². The molecule has 0 aliphatic carbocycles. The minimum Gasteiger partial charge on any atom is -0.203 e. The van der Waals surface area contributed by atoms with Crippen LogP contribution in [0, 0.1) is 11.6 Å². The Labute approximate surface area is 131 Å². The molecule has 2 aromatic carbocycles. The Balaban J connectivity index is 2.23. The predicted molar refractivity (Wildman–Crippen MR) is 88.9 cm³/mol. The molecule has 0 aromatic heterocycles. The van der Waals surface area contributed by atoms with Gasteiger partial charge in [-0.15, -0.1) is 0 Å². The van der Waals surface area contributed by atoms with Gasteiger partial charge in [0.05, 0.1) is 0 Å². The van der Waals surface area contributed by atoms with Crippen LogP contribution >= 0.6 is 0 Å². The molecule has 0 saturated heterocycles. The summed E-state index contributed by atoms with van der Waals surface area (Å²) < 4.78 is 28.3. The summed E-state index contributed by atoms with van der Waals surface area (Å²) in [5.74, 6) is -1.45. The van der Waals surface area contributed by atoms with E-state index in [0.717, 1.165) is 19.3 Å². The summed E-state index contributed by atoms with van der Waals surface area (Å²) in [5.41, 5.74) is 2.70. The molecule has 0 fully saturated rings. The Kier molecular flexibility index (Phi) is 5.88. The lowest BCUT2D eigenvalue weighted by atomic mass is 9.99. The smallest absolute Gasteiger partial charge is 0.166 e. The van der Waals surface area contributed by atoms with E-state index in [1.807, 2.05) is 44.2 Å². The highest BCUT2D eigenvalue weighted by Crippen LogP contribution is 2.27. The molecule has 0 radical (unpaired) electrons. The molecule has 0 saturated carbocycles. The molecule has 22 heavy (non-hydrogen) atoms. The van der Waals surface area contributed by atoms with Crippen LogP contribution in [0.3, 0.4) is 0 Å². The fourth-order valence-corrected chi connectivity index (χ4v) is 2.54. The van der Waals surface area contributed by atoms with Gasteiger partial charge in [0.1, 0.15) is 0 Å². The normalized spacial score (nSPS) is 11.3. The lowest BCUT2D eigenvalue weighted by Crippen LogP contribution is -1.97. The van der Waals surface area contributed by atoms with E-state index in [4.69, 9.17) is 0 Å². The van der Waals surface area contributed by atoms with Crippen LogP contribution in [0.5, 0.6) is 0 Å². The zero-order valence-corrected chi connectivity index (χ0v) is 13.2. The fourth-order valence-electron chi connectivity index (χ4n) is 2.54. The number of halogens is 2. The van der Waals surface area contributed by atoms with Gasteiger partial charge >= 0.3 is 0 Å². The molecular formula is C20H22F2. The van der Waals surface area contributed by atoms with Crippen molar-refractivity contribution in [2.75, 3.05) is 0 Å². The number of benzene rings is 2. The van der Waals surface area contributed by atoms with Crippen molar-refractivity contribution in [1.82, 2.24) is 0 Å². The molecule has 2 aromatic rings. The Morgan fingerprint density at radius 1 is 0.909 bits per heavy atom. The molecule has 0 aliphatic rings. The van der Waals surface area contributed by atoms with Crippen molar-refractivity contribution in [3.63, 3.8) is 0 Å². The van der Waals surface area contributed by atoms with Gasteiger partial charge in [0.2, 0.25) is 0 Å². The van der Waals surface area contributed by atoms with Crippen LogP contribution in [0.2, 0.25) is 0 Å². The van der Waals surface area contributed by atoms with E-state index in [9.17, 15) is 8.78 Å². The summed E-state index contributed by atoms with van der Waals surface area (Å²) in [7, 11) is 0.